The van der Waals surface area contributed by atoms with Gasteiger partial charge in [-0.1, -0.05) is 44.5 Å². The molecule has 0 heterocycles. The molecule has 2 fully saturated rings. The Morgan fingerprint density at radius 2 is 1.97 bits per heavy atom. The molecular weight excluding hydrogens is 427 g/mol. The van der Waals surface area contributed by atoms with E-state index in [9.17, 15) is 9.18 Å². The fourth-order valence-electron chi connectivity index (χ4n) is 7.11. The van der Waals surface area contributed by atoms with E-state index in [1.54, 1.807) is 12.1 Å². The Kier molecular flexibility index (Phi) is 6.68. The van der Waals surface area contributed by atoms with E-state index >= 15 is 0 Å². The minimum absolute atomic E-state index is 0.00671. The predicted molar refractivity (Wildman–Crippen MR) is 131 cm³/mol. The number of unbranched alkanes of at least 4 members (excludes halogenated alkanes) is 1. The first kappa shape index (κ1) is 23.4. The molecule has 2 saturated carbocycles. The van der Waals surface area contributed by atoms with Crippen LogP contribution in [0, 0.1) is 23.1 Å². The molecule has 2 aromatic rings. The van der Waals surface area contributed by atoms with Crippen LogP contribution in [0.5, 0.6) is 5.75 Å². The number of hydrogen-bond acceptors (Lipinski definition) is 3. The summed E-state index contributed by atoms with van der Waals surface area (Å²) in [6, 6.07) is 13.3. The van der Waals surface area contributed by atoms with Crippen molar-refractivity contribution in [1.29, 1.82) is 0 Å². The highest BCUT2D eigenvalue weighted by Gasteiger charge is 2.56. The Morgan fingerprint density at radius 3 is 2.79 bits per heavy atom. The first-order chi connectivity index (χ1) is 16.5. The molecule has 4 heteroatoms. The smallest absolute Gasteiger partial charge is 0.306 e. The summed E-state index contributed by atoms with van der Waals surface area (Å²) in [5.41, 5.74) is 3.55. The summed E-state index contributed by atoms with van der Waals surface area (Å²) in [6.45, 7) is 4.74. The molecule has 0 saturated heterocycles. The zero-order chi connectivity index (χ0) is 23.7. The maximum absolute atomic E-state index is 13.9. The number of benzene rings is 2. The Bertz CT molecular complexity index is 1030. The van der Waals surface area contributed by atoms with Crippen LogP contribution in [-0.2, 0) is 22.6 Å². The lowest BCUT2D eigenvalue weighted by Crippen LogP contribution is -2.45. The highest BCUT2D eigenvalue weighted by atomic mass is 19.1. The first-order valence-electron chi connectivity index (χ1n) is 13.2. The predicted octanol–water partition coefficient (Wildman–Crippen LogP) is 7.36. The number of esters is 1. The van der Waals surface area contributed by atoms with Gasteiger partial charge in [0.1, 0.15) is 24.3 Å². The zero-order valence-corrected chi connectivity index (χ0v) is 20.5. The molecule has 5 rings (SSSR count). The van der Waals surface area contributed by atoms with Crippen molar-refractivity contribution >= 4 is 5.97 Å². The summed E-state index contributed by atoms with van der Waals surface area (Å²) in [7, 11) is 0. The Morgan fingerprint density at radius 1 is 1.12 bits per heavy atom. The number of rotatable bonds is 7. The molecule has 0 amide bonds. The van der Waals surface area contributed by atoms with E-state index in [0.717, 1.165) is 44.3 Å². The average molecular weight is 465 g/mol. The zero-order valence-electron chi connectivity index (χ0n) is 20.5. The summed E-state index contributed by atoms with van der Waals surface area (Å²) >= 11 is 0. The quantitative estimate of drug-likeness (QED) is 0.402. The third kappa shape index (κ3) is 4.36. The number of halogens is 1. The van der Waals surface area contributed by atoms with Crippen molar-refractivity contribution in [3.05, 3.63) is 65.0 Å². The second-order valence-corrected chi connectivity index (χ2v) is 10.9. The van der Waals surface area contributed by atoms with Crippen molar-refractivity contribution in [1.82, 2.24) is 0 Å². The molecule has 0 spiro atoms. The van der Waals surface area contributed by atoms with Gasteiger partial charge < -0.3 is 9.47 Å². The van der Waals surface area contributed by atoms with Crippen LogP contribution in [-0.4, -0.2) is 12.1 Å². The summed E-state index contributed by atoms with van der Waals surface area (Å²) in [5.74, 6) is 2.46. The van der Waals surface area contributed by atoms with Gasteiger partial charge in [-0.05, 0) is 92.0 Å². The van der Waals surface area contributed by atoms with Crippen LogP contribution in [0.25, 0.3) is 0 Å². The van der Waals surface area contributed by atoms with Crippen molar-refractivity contribution < 1.29 is 18.7 Å². The van der Waals surface area contributed by atoms with E-state index in [1.165, 1.54) is 30.0 Å². The molecule has 0 radical (unpaired) electrons. The lowest BCUT2D eigenvalue weighted by Gasteiger charge is -2.50. The van der Waals surface area contributed by atoms with Crippen molar-refractivity contribution in [2.75, 3.05) is 0 Å². The minimum Gasteiger partial charge on any atom is -0.489 e. The normalized spacial score (nSPS) is 29.6. The monoisotopic (exact) mass is 464 g/mol. The summed E-state index contributed by atoms with van der Waals surface area (Å²) < 4.78 is 25.9. The van der Waals surface area contributed by atoms with Gasteiger partial charge in [-0.3, -0.25) is 4.79 Å². The van der Waals surface area contributed by atoms with Crippen LogP contribution in [0.2, 0.25) is 0 Å². The molecule has 2 aromatic carbocycles. The van der Waals surface area contributed by atoms with Gasteiger partial charge >= 0.3 is 5.97 Å². The van der Waals surface area contributed by atoms with Gasteiger partial charge in [0.15, 0.2) is 0 Å². The van der Waals surface area contributed by atoms with Crippen molar-refractivity contribution in [2.45, 2.75) is 90.3 Å². The van der Waals surface area contributed by atoms with Crippen LogP contribution in [0.4, 0.5) is 4.39 Å². The molecule has 0 aliphatic heterocycles. The Balaban J connectivity index is 1.27. The fourth-order valence-corrected chi connectivity index (χ4v) is 7.11. The molecular formula is C30H37FO3. The summed E-state index contributed by atoms with van der Waals surface area (Å²) in [4.78, 5) is 12.4. The molecule has 3 aliphatic rings. The second-order valence-electron chi connectivity index (χ2n) is 10.9. The number of ether oxygens (including phenoxy) is 2. The number of hydrogen-bond donors (Lipinski definition) is 0. The largest absolute Gasteiger partial charge is 0.489 e. The maximum Gasteiger partial charge on any atom is 0.306 e. The molecule has 34 heavy (non-hydrogen) atoms. The standard InChI is InChI=1S/C30H37FO3/c1-3-4-9-29(32)34-28-15-14-26-25-12-10-20-18-22(33-19-21-7-5-6-8-27(21)31)11-13-23(20)24(25)16-17-30(26,28)2/h5-8,11,13,18,24-26,28H,3-4,9-10,12,14-17,19H2,1-2H3. The van der Waals surface area contributed by atoms with Crippen LogP contribution in [0.15, 0.2) is 42.5 Å². The van der Waals surface area contributed by atoms with Crippen LogP contribution in [0.1, 0.15) is 87.8 Å². The van der Waals surface area contributed by atoms with E-state index in [0.29, 0.717) is 29.7 Å². The van der Waals surface area contributed by atoms with Crippen LogP contribution >= 0.6 is 0 Å². The molecule has 3 aliphatic carbocycles. The topological polar surface area (TPSA) is 35.5 Å². The molecule has 182 valence electrons. The van der Waals surface area contributed by atoms with Crippen LogP contribution in [0.3, 0.4) is 0 Å². The van der Waals surface area contributed by atoms with E-state index < -0.39 is 0 Å². The average Bonchev–Trinajstić information content (AvgIpc) is 3.17. The third-order valence-electron chi connectivity index (χ3n) is 8.97. The first-order valence-corrected chi connectivity index (χ1v) is 13.2. The fraction of sp³-hybridized carbons (Fsp3) is 0.567. The molecule has 5 atom stereocenters. The van der Waals surface area contributed by atoms with Gasteiger partial charge in [-0.15, -0.1) is 0 Å². The molecule has 0 bridgehead atoms. The lowest BCUT2D eigenvalue weighted by molar-refractivity contribution is -0.157. The summed E-state index contributed by atoms with van der Waals surface area (Å²) in [6.07, 6.45) is 9.27. The number of aryl methyl sites for hydroxylation is 1. The van der Waals surface area contributed by atoms with E-state index in [2.05, 4.69) is 32.0 Å². The van der Waals surface area contributed by atoms with E-state index in [1.807, 2.05) is 6.07 Å². The van der Waals surface area contributed by atoms with Gasteiger partial charge in [-0.2, -0.15) is 0 Å². The van der Waals surface area contributed by atoms with E-state index in [-0.39, 0.29) is 29.9 Å². The number of carbonyl (C=O) groups excluding carboxylic acids is 1. The Labute approximate surface area is 203 Å². The van der Waals surface area contributed by atoms with Crippen molar-refractivity contribution in [3.63, 3.8) is 0 Å². The maximum atomic E-state index is 13.9. The number of fused-ring (bicyclic) bond motifs is 5. The van der Waals surface area contributed by atoms with Gasteiger partial charge in [0, 0.05) is 17.4 Å². The second kappa shape index (κ2) is 9.71. The molecule has 3 nitrogen and oxygen atoms in total. The van der Waals surface area contributed by atoms with Crippen molar-refractivity contribution in [2.24, 2.45) is 17.3 Å². The third-order valence-corrected chi connectivity index (χ3v) is 8.97. The lowest BCUT2D eigenvalue weighted by atomic mass is 9.55. The van der Waals surface area contributed by atoms with Gasteiger partial charge in [-0.25, -0.2) is 4.39 Å². The minimum atomic E-state index is -0.223. The SMILES string of the molecule is CCCCC(=O)OC1CCC2C3CCc4cc(OCc5ccccc5F)ccc4C3CCC12C. The molecule has 0 N–H and O–H groups in total. The number of carbonyl (C=O) groups is 1. The Hall–Kier alpha value is -2.36. The van der Waals surface area contributed by atoms with Crippen LogP contribution < -0.4 is 4.74 Å². The van der Waals surface area contributed by atoms with Gasteiger partial charge in [0.2, 0.25) is 0 Å². The van der Waals surface area contributed by atoms with E-state index in [4.69, 9.17) is 9.47 Å². The highest BCUT2D eigenvalue weighted by molar-refractivity contribution is 5.69. The molecule has 5 unspecified atom stereocenters. The molecule has 0 aromatic heterocycles. The van der Waals surface area contributed by atoms with Gasteiger partial charge in [0.05, 0.1) is 0 Å². The van der Waals surface area contributed by atoms with Gasteiger partial charge in [0.25, 0.3) is 0 Å². The summed E-state index contributed by atoms with van der Waals surface area (Å²) in [5, 5.41) is 0. The van der Waals surface area contributed by atoms with Crippen molar-refractivity contribution in [3.8, 4) is 5.75 Å². The highest BCUT2D eigenvalue weighted by Crippen LogP contribution is 2.61.